The highest BCUT2D eigenvalue weighted by Crippen LogP contribution is 2.28. The third-order valence-electron chi connectivity index (χ3n) is 5.66. The van der Waals surface area contributed by atoms with Gasteiger partial charge in [-0.15, -0.1) is 0 Å². The van der Waals surface area contributed by atoms with Crippen molar-refractivity contribution in [1.82, 2.24) is 29.5 Å². The highest BCUT2D eigenvalue weighted by atomic mass is 35.5. The third-order valence-corrected chi connectivity index (χ3v) is 5.94. The number of piperazine rings is 1. The first kappa shape index (κ1) is 22.2. The molecule has 1 aromatic carbocycles. The van der Waals surface area contributed by atoms with Crippen LogP contribution in [-0.2, 0) is 0 Å². The lowest BCUT2D eigenvalue weighted by Gasteiger charge is -2.32. The minimum absolute atomic E-state index is 0.0694. The maximum atomic E-state index is 12.9. The van der Waals surface area contributed by atoms with E-state index in [0.29, 0.717) is 22.2 Å². The lowest BCUT2D eigenvalue weighted by molar-refractivity contribution is 0.0664. The van der Waals surface area contributed by atoms with Crippen LogP contribution in [0.5, 0.6) is 0 Å². The van der Waals surface area contributed by atoms with Gasteiger partial charge in [0.2, 0.25) is 5.95 Å². The Morgan fingerprint density at radius 1 is 1.16 bits per heavy atom. The summed E-state index contributed by atoms with van der Waals surface area (Å²) in [5.74, 6) is 0.503. The molecule has 9 heteroatoms. The summed E-state index contributed by atoms with van der Waals surface area (Å²) in [6.07, 6.45) is 5.26. The number of benzene rings is 1. The van der Waals surface area contributed by atoms with Crippen molar-refractivity contribution in [3.63, 3.8) is 0 Å². The van der Waals surface area contributed by atoms with Gasteiger partial charge in [0.25, 0.3) is 5.91 Å². The fourth-order valence-electron chi connectivity index (χ4n) is 3.62. The molecule has 0 bridgehead atoms. The zero-order chi connectivity index (χ0) is 22.8. The van der Waals surface area contributed by atoms with Gasteiger partial charge in [0.15, 0.2) is 0 Å². The predicted octanol–water partition coefficient (Wildman–Crippen LogP) is 4.01. The highest BCUT2D eigenvalue weighted by molar-refractivity contribution is 6.32. The number of rotatable bonds is 5. The molecular weight excluding hydrogens is 426 g/mol. The van der Waals surface area contributed by atoms with E-state index in [-0.39, 0.29) is 11.9 Å². The largest absolute Gasteiger partial charge is 0.336 e. The molecule has 1 amide bonds. The fourth-order valence-corrected chi connectivity index (χ4v) is 3.82. The molecule has 1 aliphatic rings. The van der Waals surface area contributed by atoms with E-state index >= 15 is 0 Å². The van der Waals surface area contributed by atoms with Gasteiger partial charge in [-0.05, 0) is 51.6 Å². The zero-order valence-corrected chi connectivity index (χ0v) is 19.6. The summed E-state index contributed by atoms with van der Waals surface area (Å²) in [5, 5.41) is 8.08. The molecule has 0 atom stereocenters. The van der Waals surface area contributed by atoms with Crippen molar-refractivity contribution in [3.05, 3.63) is 52.9 Å². The summed E-state index contributed by atoms with van der Waals surface area (Å²) in [4.78, 5) is 25.9. The number of nitrogens with one attached hydrogen (secondary N) is 1. The molecular formula is C23H28ClN7O. The van der Waals surface area contributed by atoms with E-state index in [2.05, 4.69) is 46.2 Å². The second kappa shape index (κ2) is 9.26. The number of nitrogens with zero attached hydrogens (tertiary/aromatic N) is 6. The summed E-state index contributed by atoms with van der Waals surface area (Å²) < 4.78 is 1.86. The Morgan fingerprint density at radius 3 is 2.56 bits per heavy atom. The number of carbonyl (C=O) groups is 1. The minimum atomic E-state index is 0.0694. The average Bonchev–Trinajstić information content (AvgIpc) is 3.27. The summed E-state index contributed by atoms with van der Waals surface area (Å²) in [5.41, 5.74) is 3.93. The Bertz CT molecular complexity index is 1120. The smallest absolute Gasteiger partial charge is 0.253 e. The zero-order valence-electron chi connectivity index (χ0n) is 18.8. The number of hydrogen-bond donors (Lipinski definition) is 1. The van der Waals surface area contributed by atoms with Crippen molar-refractivity contribution >= 4 is 29.1 Å². The molecule has 0 aliphatic carbocycles. The Kier molecular flexibility index (Phi) is 6.43. The number of anilines is 2. The van der Waals surface area contributed by atoms with Crippen LogP contribution in [0.3, 0.4) is 0 Å². The van der Waals surface area contributed by atoms with Crippen LogP contribution < -0.4 is 5.32 Å². The van der Waals surface area contributed by atoms with Crippen molar-refractivity contribution in [1.29, 1.82) is 0 Å². The molecule has 0 radical (unpaired) electrons. The molecule has 8 nitrogen and oxygen atoms in total. The van der Waals surface area contributed by atoms with E-state index in [9.17, 15) is 4.79 Å². The second-order valence-electron chi connectivity index (χ2n) is 8.44. The van der Waals surface area contributed by atoms with Gasteiger partial charge < -0.3 is 15.1 Å². The summed E-state index contributed by atoms with van der Waals surface area (Å²) in [7, 11) is 2.08. The first-order valence-electron chi connectivity index (χ1n) is 10.7. The van der Waals surface area contributed by atoms with Crippen LogP contribution >= 0.6 is 11.6 Å². The molecule has 4 rings (SSSR count). The van der Waals surface area contributed by atoms with Crippen molar-refractivity contribution in [2.24, 2.45) is 0 Å². The molecule has 0 saturated carbocycles. The van der Waals surface area contributed by atoms with E-state index in [1.807, 2.05) is 40.9 Å². The molecule has 3 aromatic rings. The van der Waals surface area contributed by atoms with Crippen LogP contribution in [0.4, 0.5) is 11.6 Å². The monoisotopic (exact) mass is 453 g/mol. The van der Waals surface area contributed by atoms with Crippen molar-refractivity contribution < 1.29 is 4.79 Å². The first-order valence-corrected chi connectivity index (χ1v) is 11.1. The van der Waals surface area contributed by atoms with Gasteiger partial charge in [0.1, 0.15) is 0 Å². The molecule has 0 spiro atoms. The lowest BCUT2D eigenvalue weighted by Crippen LogP contribution is -2.47. The van der Waals surface area contributed by atoms with E-state index in [1.165, 1.54) is 0 Å². The molecule has 32 heavy (non-hydrogen) atoms. The van der Waals surface area contributed by atoms with Crippen LogP contribution in [0.25, 0.3) is 11.3 Å². The second-order valence-corrected chi connectivity index (χ2v) is 8.85. The van der Waals surface area contributed by atoms with Crippen LogP contribution in [0.1, 0.15) is 35.8 Å². The summed E-state index contributed by atoms with van der Waals surface area (Å²) >= 11 is 6.36. The molecule has 1 fully saturated rings. The molecule has 2 aromatic heterocycles. The number of carbonyl (C=O) groups excluding carboxylic acids is 1. The summed E-state index contributed by atoms with van der Waals surface area (Å²) in [6, 6.07) is 5.90. The quantitative estimate of drug-likeness (QED) is 0.628. The molecule has 1 aliphatic heterocycles. The molecule has 3 heterocycles. The average molecular weight is 454 g/mol. The Labute approximate surface area is 193 Å². The van der Waals surface area contributed by atoms with Crippen LogP contribution in [-0.4, -0.2) is 68.7 Å². The normalized spacial score (nSPS) is 14.8. The van der Waals surface area contributed by atoms with Crippen molar-refractivity contribution in [2.75, 3.05) is 38.5 Å². The van der Waals surface area contributed by atoms with Gasteiger partial charge in [-0.25, -0.2) is 9.97 Å². The van der Waals surface area contributed by atoms with E-state index in [0.717, 1.165) is 43.0 Å². The topological polar surface area (TPSA) is 79.2 Å². The van der Waals surface area contributed by atoms with Crippen molar-refractivity contribution in [3.8, 4) is 11.3 Å². The van der Waals surface area contributed by atoms with Gasteiger partial charge >= 0.3 is 0 Å². The molecule has 168 valence electrons. The minimum Gasteiger partial charge on any atom is -0.336 e. The predicted molar refractivity (Wildman–Crippen MR) is 127 cm³/mol. The van der Waals surface area contributed by atoms with Gasteiger partial charge in [-0.2, -0.15) is 5.10 Å². The lowest BCUT2D eigenvalue weighted by atomic mass is 10.1. The van der Waals surface area contributed by atoms with Gasteiger partial charge in [0.05, 0.1) is 23.1 Å². The number of likely N-dealkylation sites (N-methyl/N-ethyl adjacent to an activating group) is 1. The Balaban J connectivity index is 1.52. The maximum absolute atomic E-state index is 12.9. The maximum Gasteiger partial charge on any atom is 0.253 e. The van der Waals surface area contributed by atoms with Gasteiger partial charge in [0, 0.05) is 55.2 Å². The summed E-state index contributed by atoms with van der Waals surface area (Å²) in [6.45, 7) is 9.39. The SMILES string of the molecule is Cc1cc(C(=O)N2CCN(C)CC2)ccc1Nc1ncc(Cl)c(-c2cnn(C(C)C)c2)n1. The van der Waals surface area contributed by atoms with Crippen molar-refractivity contribution in [2.45, 2.75) is 26.8 Å². The highest BCUT2D eigenvalue weighted by Gasteiger charge is 2.21. The number of aryl methyl sites for hydroxylation is 1. The van der Waals surface area contributed by atoms with Crippen LogP contribution in [0.2, 0.25) is 5.02 Å². The molecule has 1 saturated heterocycles. The Hall–Kier alpha value is -2.97. The standard InChI is InChI=1S/C23H28ClN7O/c1-15(2)31-14-18(12-26-31)21-19(24)13-25-23(28-21)27-20-6-5-17(11-16(20)3)22(32)30-9-7-29(4)8-10-30/h5-6,11-15H,7-10H2,1-4H3,(H,25,27,28). The first-order chi connectivity index (χ1) is 15.3. The van der Waals surface area contributed by atoms with Crippen LogP contribution in [0.15, 0.2) is 36.8 Å². The number of halogens is 1. The number of hydrogen-bond acceptors (Lipinski definition) is 6. The van der Waals surface area contributed by atoms with Gasteiger partial charge in [-0.1, -0.05) is 11.6 Å². The van der Waals surface area contributed by atoms with E-state index < -0.39 is 0 Å². The molecule has 1 N–H and O–H groups in total. The van der Waals surface area contributed by atoms with Crippen LogP contribution in [0, 0.1) is 6.92 Å². The fraction of sp³-hybridized carbons (Fsp3) is 0.391. The number of aromatic nitrogens is 4. The number of amides is 1. The van der Waals surface area contributed by atoms with E-state index in [1.54, 1.807) is 12.4 Å². The Morgan fingerprint density at radius 2 is 1.91 bits per heavy atom. The third kappa shape index (κ3) is 4.76. The van der Waals surface area contributed by atoms with E-state index in [4.69, 9.17) is 11.6 Å². The van der Waals surface area contributed by atoms with Gasteiger partial charge in [-0.3, -0.25) is 9.48 Å². The molecule has 0 unspecified atom stereocenters.